The van der Waals surface area contributed by atoms with Gasteiger partial charge in [-0.25, -0.2) is 4.98 Å². The highest BCUT2D eigenvalue weighted by Gasteiger charge is 2.35. The second-order valence-corrected chi connectivity index (χ2v) is 7.12. The van der Waals surface area contributed by atoms with Gasteiger partial charge in [0.1, 0.15) is 0 Å². The first-order valence-corrected chi connectivity index (χ1v) is 7.49. The molecule has 1 aromatic carbocycles. The summed E-state index contributed by atoms with van der Waals surface area (Å²) in [5, 5.41) is 10.4. The Kier molecular flexibility index (Phi) is 3.13. The van der Waals surface area contributed by atoms with Crippen molar-refractivity contribution in [3.8, 4) is 0 Å². The third-order valence-corrected chi connectivity index (χ3v) is 4.87. The number of rotatable bonds is 1. The van der Waals surface area contributed by atoms with Crippen LogP contribution >= 0.6 is 0 Å². The lowest BCUT2D eigenvalue weighted by Crippen LogP contribution is -2.34. The molecule has 1 aliphatic carbocycles. The van der Waals surface area contributed by atoms with Gasteiger partial charge in [0.15, 0.2) is 0 Å². The molecule has 0 aliphatic heterocycles. The number of hydrogen-bond acceptors (Lipinski definition) is 2. The minimum atomic E-state index is -0.262. The molecular formula is C17H24N2O. The molecule has 1 heterocycles. The maximum Gasteiger partial charge on any atom is 0.0961 e. The molecule has 0 amide bonds. The van der Waals surface area contributed by atoms with Gasteiger partial charge in [0, 0.05) is 0 Å². The number of aliphatic hydroxyl groups is 1. The van der Waals surface area contributed by atoms with Crippen LogP contribution in [-0.4, -0.2) is 20.8 Å². The summed E-state index contributed by atoms with van der Waals surface area (Å²) in [4.78, 5) is 4.53. The topological polar surface area (TPSA) is 38.0 Å². The number of aromatic nitrogens is 2. The van der Waals surface area contributed by atoms with E-state index in [0.717, 1.165) is 30.3 Å². The lowest BCUT2D eigenvalue weighted by molar-refractivity contribution is 0.0296. The van der Waals surface area contributed by atoms with Crippen LogP contribution in [0.3, 0.4) is 0 Å². The van der Waals surface area contributed by atoms with Crippen molar-refractivity contribution in [2.45, 2.75) is 59.1 Å². The van der Waals surface area contributed by atoms with Crippen molar-refractivity contribution in [3.05, 3.63) is 29.6 Å². The summed E-state index contributed by atoms with van der Waals surface area (Å²) in [7, 11) is 0. The van der Waals surface area contributed by atoms with Gasteiger partial charge in [-0.3, -0.25) is 0 Å². The summed E-state index contributed by atoms with van der Waals surface area (Å²) in [6.07, 6.45) is 4.62. The molecule has 1 aromatic heterocycles. The standard InChI is InChI=1S/C17H24N2O/c1-11-7-13-14(8-12(11)2)19(10-18-13)15-9-17(3,4)6-5-16(15)20/h7-8,10,15-16,20H,5-6,9H2,1-4H3. The molecule has 1 N–H and O–H groups in total. The average molecular weight is 272 g/mol. The Hall–Kier alpha value is -1.35. The van der Waals surface area contributed by atoms with Gasteiger partial charge in [-0.1, -0.05) is 13.8 Å². The van der Waals surface area contributed by atoms with Crippen molar-refractivity contribution in [1.29, 1.82) is 0 Å². The number of aliphatic hydroxyl groups excluding tert-OH is 1. The summed E-state index contributed by atoms with van der Waals surface area (Å²) in [6, 6.07) is 4.49. The van der Waals surface area contributed by atoms with Gasteiger partial charge in [0.05, 0.1) is 29.5 Å². The fourth-order valence-electron chi connectivity index (χ4n) is 3.37. The highest BCUT2D eigenvalue weighted by Crippen LogP contribution is 2.42. The van der Waals surface area contributed by atoms with Crippen LogP contribution < -0.4 is 0 Å². The van der Waals surface area contributed by atoms with Crippen molar-refractivity contribution in [3.63, 3.8) is 0 Å². The zero-order valence-electron chi connectivity index (χ0n) is 12.8. The van der Waals surface area contributed by atoms with Crippen LogP contribution in [0.1, 0.15) is 50.3 Å². The Morgan fingerprint density at radius 1 is 1.25 bits per heavy atom. The SMILES string of the molecule is Cc1cc2ncn(C3CC(C)(C)CCC3O)c2cc1C. The molecule has 108 valence electrons. The summed E-state index contributed by atoms with van der Waals surface area (Å²) in [5.74, 6) is 0. The lowest BCUT2D eigenvalue weighted by Gasteiger charge is -2.39. The molecule has 2 atom stereocenters. The monoisotopic (exact) mass is 272 g/mol. The maximum absolute atomic E-state index is 10.4. The van der Waals surface area contributed by atoms with Crippen molar-refractivity contribution in [2.75, 3.05) is 0 Å². The first-order chi connectivity index (χ1) is 9.37. The molecule has 3 nitrogen and oxygen atoms in total. The van der Waals surface area contributed by atoms with Crippen LogP contribution in [-0.2, 0) is 0 Å². The second kappa shape index (κ2) is 4.59. The van der Waals surface area contributed by atoms with Crippen molar-refractivity contribution < 1.29 is 5.11 Å². The molecule has 1 aliphatic rings. The van der Waals surface area contributed by atoms with Crippen LogP contribution in [0.15, 0.2) is 18.5 Å². The molecule has 3 rings (SSSR count). The number of aryl methyl sites for hydroxylation is 2. The maximum atomic E-state index is 10.4. The summed E-state index contributed by atoms with van der Waals surface area (Å²) in [6.45, 7) is 8.83. The predicted molar refractivity (Wildman–Crippen MR) is 81.9 cm³/mol. The Balaban J connectivity index is 2.07. The van der Waals surface area contributed by atoms with Gasteiger partial charge in [-0.05, 0) is 61.8 Å². The molecule has 0 saturated heterocycles. The largest absolute Gasteiger partial charge is 0.391 e. The van der Waals surface area contributed by atoms with Crippen LogP contribution in [0.5, 0.6) is 0 Å². The number of benzene rings is 1. The number of fused-ring (bicyclic) bond motifs is 1. The van der Waals surface area contributed by atoms with E-state index in [1.54, 1.807) is 0 Å². The fourth-order valence-corrected chi connectivity index (χ4v) is 3.37. The molecule has 0 bridgehead atoms. The van der Waals surface area contributed by atoms with E-state index in [9.17, 15) is 5.11 Å². The summed E-state index contributed by atoms with van der Waals surface area (Å²) >= 11 is 0. The fraction of sp³-hybridized carbons (Fsp3) is 0.588. The zero-order valence-corrected chi connectivity index (χ0v) is 12.8. The van der Waals surface area contributed by atoms with E-state index in [1.807, 2.05) is 6.33 Å². The van der Waals surface area contributed by atoms with Gasteiger partial charge >= 0.3 is 0 Å². The van der Waals surface area contributed by atoms with E-state index in [1.165, 1.54) is 11.1 Å². The predicted octanol–water partition coefficient (Wildman–Crippen LogP) is 3.77. The normalized spacial score (nSPS) is 26.1. The molecule has 2 unspecified atom stereocenters. The van der Waals surface area contributed by atoms with E-state index < -0.39 is 0 Å². The minimum Gasteiger partial charge on any atom is -0.391 e. The average Bonchev–Trinajstić information content (AvgIpc) is 2.76. The number of nitrogens with zero attached hydrogens (tertiary/aromatic N) is 2. The van der Waals surface area contributed by atoms with E-state index in [2.05, 4.69) is 49.4 Å². The Labute approximate surface area is 120 Å². The molecule has 20 heavy (non-hydrogen) atoms. The smallest absolute Gasteiger partial charge is 0.0961 e. The van der Waals surface area contributed by atoms with Gasteiger partial charge in [0.25, 0.3) is 0 Å². The third kappa shape index (κ3) is 2.24. The quantitative estimate of drug-likeness (QED) is 0.858. The number of imidazole rings is 1. The van der Waals surface area contributed by atoms with Crippen molar-refractivity contribution in [1.82, 2.24) is 9.55 Å². The summed E-state index contributed by atoms with van der Waals surface area (Å²) < 4.78 is 2.19. The molecule has 0 spiro atoms. The van der Waals surface area contributed by atoms with E-state index in [-0.39, 0.29) is 12.1 Å². The van der Waals surface area contributed by atoms with Crippen LogP contribution in [0.4, 0.5) is 0 Å². The van der Waals surface area contributed by atoms with E-state index in [4.69, 9.17) is 0 Å². The van der Waals surface area contributed by atoms with E-state index in [0.29, 0.717) is 5.41 Å². The molecule has 2 aromatic rings. The molecule has 0 radical (unpaired) electrons. The second-order valence-electron chi connectivity index (χ2n) is 7.12. The van der Waals surface area contributed by atoms with Crippen LogP contribution in [0.25, 0.3) is 11.0 Å². The van der Waals surface area contributed by atoms with Crippen LogP contribution in [0, 0.1) is 19.3 Å². The molecule has 1 saturated carbocycles. The van der Waals surface area contributed by atoms with Gasteiger partial charge in [-0.15, -0.1) is 0 Å². The van der Waals surface area contributed by atoms with Gasteiger partial charge < -0.3 is 9.67 Å². The van der Waals surface area contributed by atoms with E-state index >= 15 is 0 Å². The summed E-state index contributed by atoms with van der Waals surface area (Å²) in [5.41, 5.74) is 5.02. The van der Waals surface area contributed by atoms with Crippen molar-refractivity contribution in [2.24, 2.45) is 5.41 Å². The van der Waals surface area contributed by atoms with Crippen molar-refractivity contribution >= 4 is 11.0 Å². The van der Waals surface area contributed by atoms with Crippen LogP contribution in [0.2, 0.25) is 0 Å². The molecular weight excluding hydrogens is 248 g/mol. The first kappa shape index (κ1) is 13.6. The molecule has 1 fully saturated rings. The lowest BCUT2D eigenvalue weighted by atomic mass is 9.74. The van der Waals surface area contributed by atoms with Gasteiger partial charge in [0.2, 0.25) is 0 Å². The zero-order chi connectivity index (χ0) is 14.5. The Morgan fingerprint density at radius 2 is 1.95 bits per heavy atom. The highest BCUT2D eigenvalue weighted by molar-refractivity contribution is 5.77. The highest BCUT2D eigenvalue weighted by atomic mass is 16.3. The Bertz CT molecular complexity index is 642. The first-order valence-electron chi connectivity index (χ1n) is 7.49. The third-order valence-electron chi connectivity index (χ3n) is 4.87. The molecule has 3 heteroatoms. The number of hydrogen-bond donors (Lipinski definition) is 1. The minimum absolute atomic E-state index is 0.144. The Morgan fingerprint density at radius 3 is 2.70 bits per heavy atom. The van der Waals surface area contributed by atoms with Gasteiger partial charge in [-0.2, -0.15) is 0 Å².